The van der Waals surface area contributed by atoms with Gasteiger partial charge in [-0.2, -0.15) is 0 Å². The molecular formula is C12H15Br2ClOS. The quantitative estimate of drug-likeness (QED) is 0.566. The van der Waals surface area contributed by atoms with Gasteiger partial charge in [0.2, 0.25) is 0 Å². The van der Waals surface area contributed by atoms with Gasteiger partial charge in [0.15, 0.2) is 0 Å². The van der Waals surface area contributed by atoms with Crippen LogP contribution in [0.15, 0.2) is 10.5 Å². The fourth-order valence-electron chi connectivity index (χ4n) is 2.03. The molecule has 2 atom stereocenters. The van der Waals surface area contributed by atoms with Gasteiger partial charge < -0.3 is 4.74 Å². The van der Waals surface area contributed by atoms with E-state index in [1.54, 1.807) is 11.3 Å². The van der Waals surface area contributed by atoms with Gasteiger partial charge in [0.1, 0.15) is 4.34 Å². The van der Waals surface area contributed by atoms with Gasteiger partial charge in [0, 0.05) is 20.8 Å². The second-order valence-electron chi connectivity index (χ2n) is 4.30. The third-order valence-electron chi connectivity index (χ3n) is 2.99. The number of rotatable bonds is 4. The second kappa shape index (κ2) is 6.90. The average molecular weight is 403 g/mol. The number of ether oxygens (including phenoxy) is 1. The van der Waals surface area contributed by atoms with Crippen molar-refractivity contribution in [3.63, 3.8) is 0 Å². The van der Waals surface area contributed by atoms with E-state index in [2.05, 4.69) is 37.9 Å². The molecular weight excluding hydrogens is 387 g/mol. The molecule has 0 bridgehead atoms. The molecule has 2 unspecified atom stereocenters. The van der Waals surface area contributed by atoms with Crippen LogP contribution >= 0.6 is 54.8 Å². The molecule has 1 saturated heterocycles. The number of thiophene rings is 1. The first-order valence-corrected chi connectivity index (χ1v) is 8.77. The number of alkyl halides is 1. The highest BCUT2D eigenvalue weighted by molar-refractivity contribution is 9.10. The Bertz CT molecular complexity index is 344. The van der Waals surface area contributed by atoms with Crippen LogP contribution in [-0.2, 0) is 4.74 Å². The van der Waals surface area contributed by atoms with E-state index in [1.807, 2.05) is 0 Å². The molecule has 2 rings (SSSR count). The molecule has 1 aliphatic heterocycles. The smallest absolute Gasteiger partial charge is 0.107 e. The summed E-state index contributed by atoms with van der Waals surface area (Å²) in [6, 6.07) is 2.11. The van der Waals surface area contributed by atoms with Crippen molar-refractivity contribution in [2.75, 3.05) is 6.61 Å². The van der Waals surface area contributed by atoms with E-state index in [-0.39, 0.29) is 0 Å². The molecule has 1 aliphatic rings. The fraction of sp³-hybridized carbons (Fsp3) is 0.667. The summed E-state index contributed by atoms with van der Waals surface area (Å²) < 4.78 is 7.57. The molecule has 0 saturated carbocycles. The summed E-state index contributed by atoms with van der Waals surface area (Å²) in [7, 11) is 0. The lowest BCUT2D eigenvalue weighted by atomic mass is 10.0. The average Bonchev–Trinajstić information content (AvgIpc) is 2.68. The topological polar surface area (TPSA) is 9.23 Å². The van der Waals surface area contributed by atoms with Crippen LogP contribution in [0.3, 0.4) is 0 Å². The predicted molar refractivity (Wildman–Crippen MR) is 81.5 cm³/mol. The summed E-state index contributed by atoms with van der Waals surface area (Å²) in [6.07, 6.45) is 6.45. The highest BCUT2D eigenvalue weighted by Crippen LogP contribution is 2.40. The third kappa shape index (κ3) is 4.20. The van der Waals surface area contributed by atoms with Crippen molar-refractivity contribution in [1.29, 1.82) is 0 Å². The molecule has 0 spiro atoms. The molecule has 0 N–H and O–H groups in total. The zero-order valence-corrected chi connectivity index (χ0v) is 14.2. The number of hydrogen-bond acceptors (Lipinski definition) is 2. The maximum absolute atomic E-state index is 6.05. The Kier molecular flexibility index (Phi) is 5.81. The third-order valence-corrected chi connectivity index (χ3v) is 6.83. The van der Waals surface area contributed by atoms with E-state index < -0.39 is 0 Å². The van der Waals surface area contributed by atoms with Crippen molar-refractivity contribution in [1.82, 2.24) is 0 Å². The van der Waals surface area contributed by atoms with Crippen molar-refractivity contribution < 1.29 is 4.74 Å². The van der Waals surface area contributed by atoms with Crippen molar-refractivity contribution in [2.45, 2.75) is 43.0 Å². The molecule has 0 aromatic carbocycles. The predicted octanol–water partition coefficient (Wildman–Crippen LogP) is 5.95. The fourth-order valence-corrected chi connectivity index (χ4v) is 4.45. The summed E-state index contributed by atoms with van der Waals surface area (Å²) in [5.41, 5.74) is 0. The summed E-state index contributed by atoms with van der Waals surface area (Å²) in [4.78, 5) is 1.68. The van der Waals surface area contributed by atoms with Crippen LogP contribution in [0.2, 0.25) is 4.34 Å². The maximum Gasteiger partial charge on any atom is 0.107 e. The van der Waals surface area contributed by atoms with Crippen LogP contribution in [0.25, 0.3) is 0 Å². The van der Waals surface area contributed by atoms with Crippen LogP contribution in [0.5, 0.6) is 0 Å². The van der Waals surface area contributed by atoms with Gasteiger partial charge in [-0.3, -0.25) is 0 Å². The SMILES string of the molecule is Clc1sc(C(Br)CCC2CCCCO2)cc1Br. The molecule has 1 fully saturated rings. The van der Waals surface area contributed by atoms with Gasteiger partial charge >= 0.3 is 0 Å². The Balaban J connectivity index is 1.82. The first kappa shape index (κ1) is 14.3. The molecule has 2 heterocycles. The van der Waals surface area contributed by atoms with E-state index in [0.29, 0.717) is 10.9 Å². The number of hydrogen-bond donors (Lipinski definition) is 0. The van der Waals surface area contributed by atoms with Crippen molar-refractivity contribution in [3.05, 3.63) is 19.8 Å². The van der Waals surface area contributed by atoms with Gasteiger partial charge in [-0.05, 0) is 54.1 Å². The minimum absolute atomic E-state index is 0.391. The summed E-state index contributed by atoms with van der Waals surface area (Å²) >= 11 is 14.9. The highest BCUT2D eigenvalue weighted by atomic mass is 79.9. The Hall–Kier alpha value is 0.910. The lowest BCUT2D eigenvalue weighted by Crippen LogP contribution is -2.19. The maximum atomic E-state index is 6.05. The zero-order chi connectivity index (χ0) is 12.3. The monoisotopic (exact) mass is 400 g/mol. The second-order valence-corrected chi connectivity index (χ2v) is 7.95. The van der Waals surface area contributed by atoms with E-state index in [9.17, 15) is 0 Å². The first-order valence-electron chi connectivity index (χ1n) is 5.87. The molecule has 96 valence electrons. The van der Waals surface area contributed by atoms with Crippen molar-refractivity contribution in [2.24, 2.45) is 0 Å². The first-order chi connectivity index (χ1) is 8.16. The Labute approximate surface area is 128 Å². The highest BCUT2D eigenvalue weighted by Gasteiger charge is 2.18. The molecule has 0 amide bonds. The van der Waals surface area contributed by atoms with Gasteiger partial charge in [-0.15, -0.1) is 11.3 Å². The van der Waals surface area contributed by atoms with Crippen LogP contribution in [-0.4, -0.2) is 12.7 Å². The molecule has 1 aromatic rings. The van der Waals surface area contributed by atoms with Crippen LogP contribution in [0.4, 0.5) is 0 Å². The molecule has 1 nitrogen and oxygen atoms in total. The van der Waals surface area contributed by atoms with Crippen molar-refractivity contribution in [3.8, 4) is 0 Å². The standard InChI is InChI=1S/C12H15Br2ClOS/c13-9(11-7-10(14)12(15)17-11)5-4-8-3-1-2-6-16-8/h7-9H,1-6H2. The lowest BCUT2D eigenvalue weighted by molar-refractivity contribution is 0.0102. The molecule has 0 radical (unpaired) electrons. The molecule has 17 heavy (non-hydrogen) atoms. The molecule has 0 aliphatic carbocycles. The minimum Gasteiger partial charge on any atom is -0.378 e. The normalized spacial score (nSPS) is 22.6. The molecule has 5 heteroatoms. The summed E-state index contributed by atoms with van der Waals surface area (Å²) in [5.74, 6) is 0. The van der Waals surface area contributed by atoms with E-state index in [1.165, 1.54) is 24.1 Å². The summed E-state index contributed by atoms with van der Waals surface area (Å²) in [6.45, 7) is 0.938. The van der Waals surface area contributed by atoms with Gasteiger partial charge in [0.05, 0.1) is 6.10 Å². The van der Waals surface area contributed by atoms with Gasteiger partial charge in [-0.25, -0.2) is 0 Å². The van der Waals surface area contributed by atoms with E-state index >= 15 is 0 Å². The Morgan fingerprint density at radius 3 is 2.94 bits per heavy atom. The molecule has 1 aromatic heterocycles. The van der Waals surface area contributed by atoms with E-state index in [0.717, 1.165) is 28.3 Å². The van der Waals surface area contributed by atoms with E-state index in [4.69, 9.17) is 16.3 Å². The van der Waals surface area contributed by atoms with Gasteiger partial charge in [-0.1, -0.05) is 27.5 Å². The number of halogens is 3. The summed E-state index contributed by atoms with van der Waals surface area (Å²) in [5, 5.41) is 0. The minimum atomic E-state index is 0.391. The largest absolute Gasteiger partial charge is 0.378 e. The van der Waals surface area contributed by atoms with Crippen LogP contribution in [0, 0.1) is 0 Å². The van der Waals surface area contributed by atoms with Crippen molar-refractivity contribution >= 4 is 54.8 Å². The van der Waals surface area contributed by atoms with Crippen LogP contribution in [0.1, 0.15) is 41.8 Å². The van der Waals surface area contributed by atoms with Gasteiger partial charge in [0.25, 0.3) is 0 Å². The Morgan fingerprint density at radius 2 is 2.35 bits per heavy atom. The Morgan fingerprint density at radius 1 is 1.53 bits per heavy atom. The zero-order valence-electron chi connectivity index (χ0n) is 9.43. The van der Waals surface area contributed by atoms with Crippen LogP contribution < -0.4 is 0 Å². The lowest BCUT2D eigenvalue weighted by Gasteiger charge is -2.23.